The molecule has 0 atom stereocenters. The zero-order valence-corrected chi connectivity index (χ0v) is 8.81. The van der Waals surface area contributed by atoms with Gasteiger partial charge in [-0.1, -0.05) is 0 Å². The second kappa shape index (κ2) is 31.2. The van der Waals surface area contributed by atoms with Crippen molar-refractivity contribution in [1.29, 1.82) is 0 Å². The van der Waals surface area contributed by atoms with Gasteiger partial charge in [0.05, 0.1) is 0 Å². The molecule has 0 bridgehead atoms. The summed E-state index contributed by atoms with van der Waals surface area (Å²) in [6.07, 6.45) is 0. The normalized spacial score (nSPS) is 8.29. The van der Waals surface area contributed by atoms with Gasteiger partial charge in [0.25, 0.3) is 0 Å². The summed E-state index contributed by atoms with van der Waals surface area (Å²) in [6.45, 7) is 0. The van der Waals surface area contributed by atoms with Crippen molar-refractivity contribution in [3.63, 3.8) is 0 Å². The van der Waals surface area contributed by atoms with Crippen molar-refractivity contribution in [2.75, 3.05) is 0 Å². The average Bonchev–Trinajstić information content (AvgIpc) is 1.41. The minimum atomic E-state index is -4.67. The molecule has 0 aromatic carbocycles. The molecule has 0 amide bonds. The predicted molar refractivity (Wildman–Crippen MR) is 93.8 cm³/mol. The van der Waals surface area contributed by atoms with E-state index >= 15 is 0 Å². The fourth-order valence-corrected chi connectivity index (χ4v) is 0. The van der Waals surface area contributed by atoms with Crippen LogP contribution in [0.1, 0.15) is 0 Å². The molecular formula is H18Ba6O12S3. The van der Waals surface area contributed by atoms with Crippen LogP contribution in [0.5, 0.6) is 0 Å². The van der Waals surface area contributed by atoms with Crippen LogP contribution >= 0.6 is 0 Å². The minimum absolute atomic E-state index is 0. The maximum atomic E-state index is 8.74. The van der Waals surface area contributed by atoms with Gasteiger partial charge < -0.3 is 0 Å². The molecule has 0 aromatic heterocycles. The summed E-state index contributed by atoms with van der Waals surface area (Å²) in [7, 11) is -14.0. The Labute approximate surface area is 364 Å². The standard InChI is InChI=1S/6Ba.3H2O4S.12H/c;;;;;;3*1-5(2,3)4;;;;;;;;;;;;/h;;;;;;3*(H2,1,2,3,4);;;;;;;;;;;;. The summed E-state index contributed by atoms with van der Waals surface area (Å²) in [5.74, 6) is 0. The van der Waals surface area contributed by atoms with Crippen molar-refractivity contribution in [1.82, 2.24) is 0 Å². The molecule has 0 aliphatic rings. The molecule has 0 spiro atoms. The Hall–Kier alpha value is 9.04. The molecule has 6 N–H and O–H groups in total. The first-order valence-corrected chi connectivity index (χ1v) is 6.29. The molecule has 0 fully saturated rings. The number of rotatable bonds is 0. The molecular weight excluding hydrogens is 1110 g/mol. The van der Waals surface area contributed by atoms with Crippen molar-refractivity contribution >= 4 is 324 Å². The van der Waals surface area contributed by atoms with E-state index in [-0.39, 0.29) is 293 Å². The van der Waals surface area contributed by atoms with Crippen LogP contribution in [0.15, 0.2) is 0 Å². The van der Waals surface area contributed by atoms with Crippen LogP contribution in [0.25, 0.3) is 0 Å². The van der Waals surface area contributed by atoms with Gasteiger partial charge in [0.2, 0.25) is 0 Å². The molecule has 120 valence electrons. The average molecular weight is 1130 g/mol. The third-order valence-corrected chi connectivity index (χ3v) is 0. The van der Waals surface area contributed by atoms with E-state index in [9.17, 15) is 0 Å². The Morgan fingerprint density at radius 3 is 0.333 bits per heavy atom. The summed E-state index contributed by atoms with van der Waals surface area (Å²) in [6, 6.07) is 0. The van der Waals surface area contributed by atoms with Gasteiger partial charge in [-0.25, -0.2) is 0 Å². The van der Waals surface area contributed by atoms with Crippen LogP contribution in [0.4, 0.5) is 0 Å². The fraction of sp³-hybridized carbons (Fsp3) is 0. The van der Waals surface area contributed by atoms with Crippen LogP contribution in [0, 0.1) is 0 Å². The van der Waals surface area contributed by atoms with Crippen LogP contribution in [-0.4, -0.2) is 346 Å². The first-order valence-electron chi connectivity index (χ1n) is 2.10. The molecule has 0 aromatic rings. The zero-order chi connectivity index (χ0) is 13.5. The van der Waals surface area contributed by atoms with Crippen LogP contribution in [-0.2, 0) is 31.2 Å². The Balaban J connectivity index is -0.0000000129. The Bertz CT molecular complexity index is 350. The maximum absolute atomic E-state index is 8.74. The summed E-state index contributed by atoms with van der Waals surface area (Å²) >= 11 is 0. The van der Waals surface area contributed by atoms with Crippen LogP contribution in [0.2, 0.25) is 0 Å². The van der Waals surface area contributed by atoms with E-state index in [0.717, 1.165) is 0 Å². The topological polar surface area (TPSA) is 224 Å². The van der Waals surface area contributed by atoms with Crippen LogP contribution < -0.4 is 0 Å². The molecule has 0 aliphatic carbocycles. The monoisotopic (exact) mass is 1130 g/mol. The second-order valence-corrected chi connectivity index (χ2v) is 4.03. The molecule has 0 rings (SSSR count). The van der Waals surface area contributed by atoms with Gasteiger partial charge in [-0.3, -0.25) is 27.3 Å². The van der Waals surface area contributed by atoms with E-state index in [4.69, 9.17) is 52.6 Å². The molecule has 21 heteroatoms. The zero-order valence-electron chi connectivity index (χ0n) is 6.36. The Kier molecular flexibility index (Phi) is 85.1. The molecule has 0 unspecified atom stereocenters. The molecule has 0 radical (unpaired) electrons. The fourth-order valence-electron chi connectivity index (χ4n) is 0. The first-order chi connectivity index (χ1) is 6.00. The number of hydrogen-bond donors (Lipinski definition) is 6. The molecule has 0 saturated heterocycles. The molecule has 0 aliphatic heterocycles. The molecule has 21 heavy (non-hydrogen) atoms. The first kappa shape index (κ1) is 57.2. The van der Waals surface area contributed by atoms with E-state index in [1.807, 2.05) is 0 Å². The van der Waals surface area contributed by atoms with Crippen LogP contribution in [0.3, 0.4) is 0 Å². The third kappa shape index (κ3) is 260. The summed E-state index contributed by atoms with van der Waals surface area (Å²) in [4.78, 5) is 0. The van der Waals surface area contributed by atoms with Gasteiger partial charge in [-0.15, -0.1) is 0 Å². The summed E-state index contributed by atoms with van der Waals surface area (Å²) in [5, 5.41) is 0. The van der Waals surface area contributed by atoms with Gasteiger partial charge in [-0.05, 0) is 0 Å². The van der Waals surface area contributed by atoms with Gasteiger partial charge >= 0.3 is 324 Å². The van der Waals surface area contributed by atoms with Crippen molar-refractivity contribution < 1.29 is 52.6 Å². The van der Waals surface area contributed by atoms with Crippen molar-refractivity contribution in [2.45, 2.75) is 0 Å². The quantitative estimate of drug-likeness (QED) is 0.0985. The van der Waals surface area contributed by atoms with Crippen molar-refractivity contribution in [3.8, 4) is 0 Å². The summed E-state index contributed by atoms with van der Waals surface area (Å²) < 4.78 is 94.8. The van der Waals surface area contributed by atoms with E-state index in [2.05, 4.69) is 0 Å². The van der Waals surface area contributed by atoms with E-state index < -0.39 is 31.2 Å². The van der Waals surface area contributed by atoms with Crippen molar-refractivity contribution in [3.05, 3.63) is 0 Å². The van der Waals surface area contributed by atoms with Gasteiger partial charge in [0.15, 0.2) is 0 Å². The SMILES string of the molecule is O=S(=O)(O)O.O=S(=O)(O)O.O=S(=O)(O)O.[BaH2].[BaH2].[BaH2].[BaH2].[BaH2].[BaH2]. The van der Waals surface area contributed by atoms with E-state index in [0.29, 0.717) is 0 Å². The number of hydrogen-bond acceptors (Lipinski definition) is 6. The Morgan fingerprint density at radius 1 is 0.333 bits per heavy atom. The molecule has 12 nitrogen and oxygen atoms in total. The van der Waals surface area contributed by atoms with E-state index in [1.54, 1.807) is 0 Å². The van der Waals surface area contributed by atoms with Gasteiger partial charge in [-0.2, -0.15) is 25.3 Å². The van der Waals surface area contributed by atoms with E-state index in [1.165, 1.54) is 0 Å². The Morgan fingerprint density at radius 2 is 0.333 bits per heavy atom. The van der Waals surface area contributed by atoms with Crippen molar-refractivity contribution in [2.24, 2.45) is 0 Å². The van der Waals surface area contributed by atoms with Gasteiger partial charge in [0, 0.05) is 0 Å². The van der Waals surface area contributed by atoms with Gasteiger partial charge in [0.1, 0.15) is 0 Å². The predicted octanol–water partition coefficient (Wildman–Crippen LogP) is -7.46. The summed E-state index contributed by atoms with van der Waals surface area (Å²) in [5.41, 5.74) is 0. The second-order valence-electron chi connectivity index (χ2n) is 1.34. The molecule has 0 heterocycles. The third-order valence-electron chi connectivity index (χ3n) is 0. The molecule has 0 saturated carbocycles.